The van der Waals surface area contributed by atoms with Crippen LogP contribution in [0.5, 0.6) is 0 Å². The summed E-state index contributed by atoms with van der Waals surface area (Å²) in [5, 5.41) is 9.02. The van der Waals surface area contributed by atoms with E-state index in [2.05, 4.69) is 4.98 Å². The first kappa shape index (κ1) is 17.7. The van der Waals surface area contributed by atoms with E-state index in [1.807, 2.05) is 6.92 Å². The average molecular weight is 359 g/mol. The van der Waals surface area contributed by atoms with Gasteiger partial charge in [-0.2, -0.15) is 13.2 Å². The van der Waals surface area contributed by atoms with Crippen LogP contribution in [0.4, 0.5) is 17.6 Å². The minimum absolute atomic E-state index is 0.0844. The van der Waals surface area contributed by atoms with Crippen molar-refractivity contribution in [1.82, 2.24) is 4.98 Å². The number of rotatable bonds is 4. The third kappa shape index (κ3) is 2.88. The van der Waals surface area contributed by atoms with Crippen LogP contribution in [0.1, 0.15) is 43.0 Å². The van der Waals surface area contributed by atoms with Gasteiger partial charge in [0, 0.05) is 5.39 Å². The normalized spacial score (nSPS) is 20.7. The number of carboxylic acid groups (broad SMARTS) is 1. The summed E-state index contributed by atoms with van der Waals surface area (Å²) in [7, 11) is 0. The smallest absolute Gasteiger partial charge is 0.417 e. The molecule has 1 aliphatic heterocycles. The predicted molar refractivity (Wildman–Crippen MR) is 81.8 cm³/mol. The minimum atomic E-state index is -4.64. The predicted octanol–water partition coefficient (Wildman–Crippen LogP) is 4.37. The Hall–Kier alpha value is -2.09. The Morgan fingerprint density at radius 3 is 2.72 bits per heavy atom. The first-order valence-electron chi connectivity index (χ1n) is 7.96. The highest BCUT2D eigenvalue weighted by Gasteiger charge is 2.44. The molecular weight excluding hydrogens is 342 g/mol. The van der Waals surface area contributed by atoms with Crippen molar-refractivity contribution in [3.8, 4) is 0 Å². The van der Waals surface area contributed by atoms with E-state index in [1.165, 1.54) is 0 Å². The molecule has 0 amide bonds. The molecule has 2 aromatic rings. The summed E-state index contributed by atoms with van der Waals surface area (Å²) >= 11 is 0. The van der Waals surface area contributed by atoms with Gasteiger partial charge in [0.2, 0.25) is 0 Å². The number of alkyl halides is 3. The maximum absolute atomic E-state index is 14.2. The molecule has 0 radical (unpaired) electrons. The molecular formula is C17H17F4NO3. The number of aromatic nitrogens is 1. The first-order chi connectivity index (χ1) is 11.7. The van der Waals surface area contributed by atoms with E-state index in [-0.39, 0.29) is 29.6 Å². The van der Waals surface area contributed by atoms with Gasteiger partial charge >= 0.3 is 12.1 Å². The lowest BCUT2D eigenvalue weighted by Gasteiger charge is -2.36. The van der Waals surface area contributed by atoms with Crippen molar-refractivity contribution in [3.05, 3.63) is 34.8 Å². The number of benzene rings is 1. The number of carboxylic acids is 1. The Morgan fingerprint density at radius 1 is 1.40 bits per heavy atom. The van der Waals surface area contributed by atoms with E-state index >= 15 is 0 Å². The van der Waals surface area contributed by atoms with Crippen molar-refractivity contribution in [2.45, 2.75) is 44.4 Å². The largest absolute Gasteiger partial charge is 0.481 e. The average Bonchev–Trinajstić information content (AvgIpc) is 2.88. The van der Waals surface area contributed by atoms with Gasteiger partial charge in [-0.1, -0.05) is 13.3 Å². The quantitative estimate of drug-likeness (QED) is 0.797. The molecule has 2 heterocycles. The summed E-state index contributed by atoms with van der Waals surface area (Å²) in [4.78, 5) is 14.0. The van der Waals surface area contributed by atoms with Crippen LogP contribution in [0, 0.1) is 5.82 Å². The molecule has 1 aromatic carbocycles. The molecule has 1 unspecified atom stereocenters. The van der Waals surface area contributed by atoms with Crippen LogP contribution >= 0.6 is 0 Å². The molecule has 25 heavy (non-hydrogen) atoms. The zero-order valence-corrected chi connectivity index (χ0v) is 13.5. The van der Waals surface area contributed by atoms with E-state index in [0.717, 1.165) is 12.1 Å². The lowest BCUT2D eigenvalue weighted by Crippen LogP contribution is -2.37. The molecule has 136 valence electrons. The maximum atomic E-state index is 14.2. The lowest BCUT2D eigenvalue weighted by atomic mass is 9.84. The van der Waals surface area contributed by atoms with Crippen molar-refractivity contribution in [1.29, 1.82) is 0 Å². The molecule has 1 aromatic heterocycles. The molecule has 0 spiro atoms. The van der Waals surface area contributed by atoms with Gasteiger partial charge in [-0.05, 0) is 30.5 Å². The summed E-state index contributed by atoms with van der Waals surface area (Å²) in [6.07, 6.45) is -4.00. The number of aliphatic carboxylic acids is 1. The lowest BCUT2D eigenvalue weighted by molar-refractivity contribution is -0.149. The summed E-state index contributed by atoms with van der Waals surface area (Å²) < 4.78 is 60.1. The highest BCUT2D eigenvalue weighted by Crippen LogP contribution is 2.46. The van der Waals surface area contributed by atoms with E-state index in [4.69, 9.17) is 4.74 Å². The van der Waals surface area contributed by atoms with Gasteiger partial charge in [0.25, 0.3) is 0 Å². The van der Waals surface area contributed by atoms with Crippen molar-refractivity contribution < 1.29 is 32.2 Å². The minimum Gasteiger partial charge on any atom is -0.481 e. The van der Waals surface area contributed by atoms with Crippen molar-refractivity contribution in [2.24, 2.45) is 0 Å². The number of carbonyl (C=O) groups is 1. The van der Waals surface area contributed by atoms with Crippen LogP contribution in [0.15, 0.2) is 12.1 Å². The number of fused-ring (bicyclic) bond motifs is 3. The summed E-state index contributed by atoms with van der Waals surface area (Å²) in [5.41, 5.74) is -1.92. The molecule has 2 N–H and O–H groups in total. The Morgan fingerprint density at radius 2 is 2.12 bits per heavy atom. The van der Waals surface area contributed by atoms with Crippen LogP contribution in [-0.2, 0) is 27.7 Å². The van der Waals surface area contributed by atoms with E-state index in [9.17, 15) is 27.5 Å². The fraction of sp³-hybridized carbons (Fsp3) is 0.471. The zero-order valence-electron chi connectivity index (χ0n) is 13.5. The fourth-order valence-corrected chi connectivity index (χ4v) is 3.71. The third-order valence-corrected chi connectivity index (χ3v) is 4.59. The molecule has 0 saturated carbocycles. The highest BCUT2D eigenvalue weighted by atomic mass is 19.4. The number of hydrogen-bond donors (Lipinski definition) is 2. The SMILES string of the molecule is CCCC1(CC(=O)O)OCCc2c1[nH]c1c(F)ccc(C(F)(F)F)c21. The molecule has 4 nitrogen and oxygen atoms in total. The van der Waals surface area contributed by atoms with Crippen LogP contribution in [0.25, 0.3) is 10.9 Å². The molecule has 0 aliphatic carbocycles. The van der Waals surface area contributed by atoms with Gasteiger partial charge in [0.15, 0.2) is 0 Å². The number of H-pyrrole nitrogens is 1. The van der Waals surface area contributed by atoms with Gasteiger partial charge in [0.05, 0.1) is 29.8 Å². The van der Waals surface area contributed by atoms with Gasteiger partial charge in [-0.3, -0.25) is 4.79 Å². The number of hydrogen-bond acceptors (Lipinski definition) is 2. The van der Waals surface area contributed by atoms with E-state index in [1.54, 1.807) is 0 Å². The number of ether oxygens (including phenoxy) is 1. The van der Waals surface area contributed by atoms with E-state index in [0.29, 0.717) is 18.4 Å². The third-order valence-electron chi connectivity index (χ3n) is 4.59. The van der Waals surface area contributed by atoms with Gasteiger partial charge in [0.1, 0.15) is 11.4 Å². The molecule has 8 heteroatoms. The fourth-order valence-electron chi connectivity index (χ4n) is 3.71. The zero-order chi connectivity index (χ0) is 18.4. The number of aromatic amines is 1. The second-order valence-electron chi connectivity index (χ2n) is 6.23. The second-order valence-corrected chi connectivity index (χ2v) is 6.23. The Kier molecular flexibility index (Phi) is 4.26. The van der Waals surface area contributed by atoms with Crippen LogP contribution in [0.2, 0.25) is 0 Å². The Balaban J connectivity index is 2.33. The standard InChI is InChI=1S/C17H17F4NO3/c1-2-6-16(8-12(23)24)15-9(5-7-25-16)13-10(17(19,20)21)3-4-11(18)14(13)22-15/h3-4,22H,2,5-8H2,1H3,(H,23,24). The molecule has 3 rings (SSSR count). The second kappa shape index (κ2) is 6.01. The topological polar surface area (TPSA) is 62.3 Å². The summed E-state index contributed by atoms with van der Waals surface area (Å²) in [5.74, 6) is -1.94. The van der Waals surface area contributed by atoms with Crippen LogP contribution < -0.4 is 0 Å². The Bertz CT molecular complexity index is 827. The van der Waals surface area contributed by atoms with Gasteiger partial charge in [-0.25, -0.2) is 4.39 Å². The number of nitrogens with one attached hydrogen (secondary N) is 1. The number of halogens is 4. The van der Waals surface area contributed by atoms with Gasteiger partial charge < -0.3 is 14.8 Å². The molecule has 1 atom stereocenters. The highest BCUT2D eigenvalue weighted by molar-refractivity contribution is 5.90. The van der Waals surface area contributed by atoms with Crippen molar-refractivity contribution in [3.63, 3.8) is 0 Å². The van der Waals surface area contributed by atoms with Gasteiger partial charge in [-0.15, -0.1) is 0 Å². The summed E-state index contributed by atoms with van der Waals surface area (Å²) in [6, 6.07) is 1.49. The summed E-state index contributed by atoms with van der Waals surface area (Å²) in [6.45, 7) is 1.91. The van der Waals surface area contributed by atoms with Crippen LogP contribution in [0.3, 0.4) is 0 Å². The van der Waals surface area contributed by atoms with Crippen molar-refractivity contribution >= 4 is 16.9 Å². The molecule has 0 saturated heterocycles. The van der Waals surface area contributed by atoms with Crippen molar-refractivity contribution in [2.75, 3.05) is 6.61 Å². The molecule has 0 fully saturated rings. The maximum Gasteiger partial charge on any atom is 0.417 e. The molecule has 1 aliphatic rings. The first-order valence-corrected chi connectivity index (χ1v) is 7.96. The Labute approximate surface area is 140 Å². The van der Waals surface area contributed by atoms with Crippen LogP contribution in [-0.4, -0.2) is 22.7 Å². The molecule has 0 bridgehead atoms. The van der Waals surface area contributed by atoms with E-state index < -0.39 is 35.5 Å². The monoisotopic (exact) mass is 359 g/mol.